The van der Waals surface area contributed by atoms with Gasteiger partial charge in [0, 0.05) is 50.7 Å². The Morgan fingerprint density at radius 2 is 1.81 bits per heavy atom. The molecule has 1 aliphatic rings. The van der Waals surface area contributed by atoms with Gasteiger partial charge < -0.3 is 20.4 Å². The van der Waals surface area contributed by atoms with Crippen molar-refractivity contribution in [2.45, 2.75) is 33.2 Å². The monoisotopic (exact) mass is 475 g/mol. The fraction of sp³-hybridized carbons (Fsp3) is 0.647. The first-order chi connectivity index (χ1) is 11.9. The average molecular weight is 475 g/mol. The summed E-state index contributed by atoms with van der Waals surface area (Å²) in [5.74, 6) is 1.47. The molecule has 0 saturated carbocycles. The van der Waals surface area contributed by atoms with E-state index in [1.54, 1.807) is 12.4 Å². The first-order valence-electron chi connectivity index (χ1n) is 8.75. The molecule has 9 heteroatoms. The van der Waals surface area contributed by atoms with E-state index in [4.69, 9.17) is 0 Å². The SMILES string of the molecule is CCNC(=NCC(=O)NC(C)(C)C)N1CCN(c2ncccn2)CC1.I. The van der Waals surface area contributed by atoms with Crippen LogP contribution in [-0.2, 0) is 4.79 Å². The molecule has 1 aromatic heterocycles. The van der Waals surface area contributed by atoms with Gasteiger partial charge in [0.05, 0.1) is 0 Å². The number of aliphatic imine (C=N–C) groups is 1. The zero-order valence-electron chi connectivity index (χ0n) is 16.0. The Hall–Kier alpha value is -1.65. The summed E-state index contributed by atoms with van der Waals surface area (Å²) in [6.07, 6.45) is 3.52. The molecule has 8 nitrogen and oxygen atoms in total. The summed E-state index contributed by atoms with van der Waals surface area (Å²) < 4.78 is 0. The van der Waals surface area contributed by atoms with E-state index in [1.807, 2.05) is 33.8 Å². The third-order valence-electron chi connectivity index (χ3n) is 3.64. The minimum Gasteiger partial charge on any atom is -0.357 e. The number of anilines is 1. The van der Waals surface area contributed by atoms with Gasteiger partial charge in [0.25, 0.3) is 0 Å². The summed E-state index contributed by atoms with van der Waals surface area (Å²) in [5, 5.41) is 6.20. The normalized spacial score (nSPS) is 15.3. The number of amides is 1. The smallest absolute Gasteiger partial charge is 0.242 e. The maximum absolute atomic E-state index is 12.0. The number of hydrogen-bond acceptors (Lipinski definition) is 5. The summed E-state index contributed by atoms with van der Waals surface area (Å²) in [4.78, 5) is 29.4. The number of aromatic nitrogens is 2. The van der Waals surface area contributed by atoms with Crippen molar-refractivity contribution >= 4 is 41.8 Å². The van der Waals surface area contributed by atoms with E-state index in [1.165, 1.54) is 0 Å². The zero-order chi connectivity index (χ0) is 18.3. The molecule has 1 aromatic rings. The van der Waals surface area contributed by atoms with E-state index in [0.717, 1.165) is 44.6 Å². The molecule has 0 atom stereocenters. The minimum absolute atomic E-state index is 0. The minimum atomic E-state index is -0.244. The molecule has 26 heavy (non-hydrogen) atoms. The molecule has 1 amide bonds. The van der Waals surface area contributed by atoms with Crippen LogP contribution in [0, 0.1) is 0 Å². The number of nitrogens with one attached hydrogen (secondary N) is 2. The van der Waals surface area contributed by atoms with Crippen LogP contribution in [0.4, 0.5) is 5.95 Å². The molecular weight excluding hydrogens is 445 g/mol. The second kappa shape index (κ2) is 10.5. The lowest BCUT2D eigenvalue weighted by Crippen LogP contribution is -2.53. The molecule has 0 spiro atoms. The van der Waals surface area contributed by atoms with Crippen molar-refractivity contribution in [3.8, 4) is 0 Å². The van der Waals surface area contributed by atoms with E-state index >= 15 is 0 Å². The van der Waals surface area contributed by atoms with E-state index in [2.05, 4.69) is 35.4 Å². The molecule has 2 rings (SSSR count). The van der Waals surface area contributed by atoms with Gasteiger partial charge in [0.15, 0.2) is 5.96 Å². The van der Waals surface area contributed by atoms with Gasteiger partial charge in [0.2, 0.25) is 11.9 Å². The van der Waals surface area contributed by atoms with Gasteiger partial charge in [-0.1, -0.05) is 0 Å². The van der Waals surface area contributed by atoms with Gasteiger partial charge >= 0.3 is 0 Å². The van der Waals surface area contributed by atoms with Crippen LogP contribution < -0.4 is 15.5 Å². The molecule has 0 unspecified atom stereocenters. The fourth-order valence-corrected chi connectivity index (χ4v) is 2.60. The van der Waals surface area contributed by atoms with Crippen molar-refractivity contribution in [3.63, 3.8) is 0 Å². The highest BCUT2D eigenvalue weighted by Crippen LogP contribution is 2.09. The molecule has 0 aromatic carbocycles. The number of hydrogen-bond donors (Lipinski definition) is 2. The Morgan fingerprint density at radius 1 is 1.19 bits per heavy atom. The highest BCUT2D eigenvalue weighted by atomic mass is 127. The number of nitrogens with zero attached hydrogens (tertiary/aromatic N) is 5. The number of rotatable bonds is 4. The quantitative estimate of drug-likeness (QED) is 0.386. The van der Waals surface area contributed by atoms with Crippen molar-refractivity contribution in [1.29, 1.82) is 0 Å². The maximum atomic E-state index is 12.0. The van der Waals surface area contributed by atoms with Gasteiger partial charge in [-0.25, -0.2) is 15.0 Å². The third kappa shape index (κ3) is 7.30. The summed E-state index contributed by atoms with van der Waals surface area (Å²) in [6.45, 7) is 12.1. The van der Waals surface area contributed by atoms with Crippen molar-refractivity contribution in [2.75, 3.05) is 44.2 Å². The van der Waals surface area contributed by atoms with Crippen molar-refractivity contribution in [3.05, 3.63) is 18.5 Å². The second-order valence-electron chi connectivity index (χ2n) is 6.99. The molecule has 2 heterocycles. The third-order valence-corrected chi connectivity index (χ3v) is 3.64. The number of carbonyl (C=O) groups is 1. The topological polar surface area (TPSA) is 85.8 Å². The lowest BCUT2D eigenvalue weighted by molar-refractivity contribution is -0.121. The first kappa shape index (κ1) is 22.4. The molecule has 0 aliphatic carbocycles. The van der Waals surface area contributed by atoms with Crippen LogP contribution in [0.1, 0.15) is 27.7 Å². The molecule has 2 N–H and O–H groups in total. The lowest BCUT2D eigenvalue weighted by atomic mass is 10.1. The Kier molecular flexibility index (Phi) is 9.03. The fourth-order valence-electron chi connectivity index (χ4n) is 2.60. The van der Waals surface area contributed by atoms with Gasteiger partial charge in [-0.3, -0.25) is 4.79 Å². The number of halogens is 1. The van der Waals surface area contributed by atoms with Crippen LogP contribution in [0.5, 0.6) is 0 Å². The first-order valence-corrected chi connectivity index (χ1v) is 8.75. The highest BCUT2D eigenvalue weighted by molar-refractivity contribution is 14.0. The van der Waals surface area contributed by atoms with Crippen LogP contribution in [-0.4, -0.2) is 71.5 Å². The largest absolute Gasteiger partial charge is 0.357 e. The van der Waals surface area contributed by atoms with Crippen molar-refractivity contribution in [1.82, 2.24) is 25.5 Å². The van der Waals surface area contributed by atoms with Gasteiger partial charge in [0.1, 0.15) is 6.54 Å². The van der Waals surface area contributed by atoms with E-state index in [0.29, 0.717) is 0 Å². The van der Waals surface area contributed by atoms with Gasteiger partial charge in [-0.05, 0) is 33.8 Å². The van der Waals surface area contributed by atoms with Crippen molar-refractivity contribution in [2.24, 2.45) is 4.99 Å². The Bertz CT molecular complexity index is 581. The van der Waals surface area contributed by atoms with Crippen LogP contribution in [0.15, 0.2) is 23.5 Å². The summed E-state index contributed by atoms with van der Waals surface area (Å²) in [5.41, 5.74) is -0.244. The van der Waals surface area contributed by atoms with Crippen LogP contribution >= 0.6 is 24.0 Å². The molecule has 146 valence electrons. The lowest BCUT2D eigenvalue weighted by Gasteiger charge is -2.36. The Balaban J connectivity index is 0.00000338. The Labute approximate surface area is 172 Å². The highest BCUT2D eigenvalue weighted by Gasteiger charge is 2.21. The predicted molar refractivity (Wildman–Crippen MR) is 115 cm³/mol. The Morgan fingerprint density at radius 3 is 2.35 bits per heavy atom. The number of piperazine rings is 1. The van der Waals surface area contributed by atoms with Crippen molar-refractivity contribution < 1.29 is 4.79 Å². The molecular formula is C17H30IN7O. The van der Waals surface area contributed by atoms with Crippen LogP contribution in [0.2, 0.25) is 0 Å². The molecule has 0 radical (unpaired) electrons. The summed E-state index contributed by atoms with van der Waals surface area (Å²) >= 11 is 0. The van der Waals surface area contributed by atoms with Gasteiger partial charge in [-0.15, -0.1) is 24.0 Å². The average Bonchev–Trinajstić information content (AvgIpc) is 2.58. The van der Waals surface area contributed by atoms with E-state index < -0.39 is 0 Å². The van der Waals surface area contributed by atoms with E-state index in [-0.39, 0.29) is 42.0 Å². The predicted octanol–water partition coefficient (Wildman–Crippen LogP) is 1.10. The molecule has 1 fully saturated rings. The van der Waals surface area contributed by atoms with Gasteiger partial charge in [-0.2, -0.15) is 0 Å². The van der Waals surface area contributed by atoms with Crippen LogP contribution in [0.25, 0.3) is 0 Å². The molecule has 1 aliphatic heterocycles. The summed E-state index contributed by atoms with van der Waals surface area (Å²) in [6, 6.07) is 1.82. The maximum Gasteiger partial charge on any atom is 0.242 e. The van der Waals surface area contributed by atoms with Crippen LogP contribution in [0.3, 0.4) is 0 Å². The molecule has 0 bridgehead atoms. The zero-order valence-corrected chi connectivity index (χ0v) is 18.4. The second-order valence-corrected chi connectivity index (χ2v) is 6.99. The standard InChI is InChI=1S/C17H29N7O.HI/c1-5-18-15(21-13-14(25)22-17(2,3)4)23-9-11-24(12-10-23)16-19-7-6-8-20-16;/h6-8H,5,9-13H2,1-4H3,(H,18,21)(H,22,25);1H. The number of guanidine groups is 1. The summed E-state index contributed by atoms with van der Waals surface area (Å²) in [7, 11) is 0. The molecule has 1 saturated heterocycles. The number of carbonyl (C=O) groups excluding carboxylic acids is 1. The van der Waals surface area contributed by atoms with E-state index in [9.17, 15) is 4.79 Å².